The first-order valence-corrected chi connectivity index (χ1v) is 11.6. The first-order chi connectivity index (χ1) is 14.5. The molecule has 1 heterocycles. The number of para-hydroxylation sites is 1. The quantitative estimate of drug-likeness (QED) is 0.569. The van der Waals surface area contributed by atoms with E-state index in [1.807, 2.05) is 42.5 Å². The molecule has 3 aromatic carbocycles. The number of fused-ring (bicyclic) bond motifs is 1. The number of nitrogens with one attached hydrogen (secondary N) is 3. The normalized spacial score (nSPS) is 16.3. The highest BCUT2D eigenvalue weighted by atomic mass is 32.2. The predicted molar refractivity (Wildman–Crippen MR) is 119 cm³/mol. The Morgan fingerprint density at radius 1 is 0.900 bits per heavy atom. The molecule has 0 bridgehead atoms. The van der Waals surface area contributed by atoms with E-state index >= 15 is 0 Å². The second kappa shape index (κ2) is 8.95. The molecule has 1 atom stereocenters. The molecular formula is C23H25N3O3S. The number of benzene rings is 3. The van der Waals surface area contributed by atoms with Gasteiger partial charge in [0.2, 0.25) is 15.9 Å². The molecule has 3 aromatic rings. The number of piperidine rings is 1. The Morgan fingerprint density at radius 3 is 2.33 bits per heavy atom. The van der Waals surface area contributed by atoms with Crippen LogP contribution in [0.2, 0.25) is 0 Å². The minimum absolute atomic E-state index is 0.0836. The smallest absolute Gasteiger partial charge is 0.242 e. The van der Waals surface area contributed by atoms with Gasteiger partial charge in [-0.3, -0.25) is 4.79 Å². The van der Waals surface area contributed by atoms with Crippen molar-refractivity contribution in [3.63, 3.8) is 0 Å². The number of hydrogen-bond donors (Lipinski definition) is 3. The van der Waals surface area contributed by atoms with Crippen molar-refractivity contribution >= 4 is 32.4 Å². The van der Waals surface area contributed by atoms with Gasteiger partial charge in [0.05, 0.1) is 4.90 Å². The van der Waals surface area contributed by atoms with Gasteiger partial charge in [0, 0.05) is 11.1 Å². The number of sulfonamides is 1. The molecule has 0 radical (unpaired) electrons. The maximum Gasteiger partial charge on any atom is 0.242 e. The van der Waals surface area contributed by atoms with Crippen molar-refractivity contribution in [1.29, 1.82) is 0 Å². The molecule has 7 heteroatoms. The molecule has 3 N–H and O–H groups in total. The summed E-state index contributed by atoms with van der Waals surface area (Å²) in [6.07, 6.45) is 1.45. The van der Waals surface area contributed by atoms with Gasteiger partial charge in [-0.1, -0.05) is 54.6 Å². The Kier molecular flexibility index (Phi) is 6.13. The third-order valence-electron chi connectivity index (χ3n) is 5.50. The Balaban J connectivity index is 1.65. The summed E-state index contributed by atoms with van der Waals surface area (Å²) in [4.78, 5) is 13.3. The van der Waals surface area contributed by atoms with Crippen molar-refractivity contribution in [2.24, 2.45) is 5.92 Å². The third kappa shape index (κ3) is 4.53. The van der Waals surface area contributed by atoms with E-state index in [0.717, 1.165) is 31.3 Å². The maximum atomic E-state index is 13.3. The summed E-state index contributed by atoms with van der Waals surface area (Å²) in [6.45, 7) is 1.52. The summed E-state index contributed by atoms with van der Waals surface area (Å²) >= 11 is 0. The highest BCUT2D eigenvalue weighted by Gasteiger charge is 2.34. The summed E-state index contributed by atoms with van der Waals surface area (Å²) in [5, 5.41) is 7.61. The number of hydrogen-bond acceptors (Lipinski definition) is 4. The first kappa shape index (κ1) is 20.5. The monoisotopic (exact) mass is 423 g/mol. The molecule has 1 aliphatic rings. The Bertz CT molecular complexity index is 1120. The number of rotatable bonds is 6. The van der Waals surface area contributed by atoms with Gasteiger partial charge in [-0.05, 0) is 55.4 Å². The van der Waals surface area contributed by atoms with Gasteiger partial charge in [-0.15, -0.1) is 0 Å². The summed E-state index contributed by atoms with van der Waals surface area (Å²) in [6, 6.07) is 20.8. The van der Waals surface area contributed by atoms with E-state index in [4.69, 9.17) is 0 Å². The molecule has 156 valence electrons. The molecule has 0 aliphatic carbocycles. The fourth-order valence-electron chi connectivity index (χ4n) is 3.94. The Labute approximate surface area is 176 Å². The molecule has 6 nitrogen and oxygen atoms in total. The van der Waals surface area contributed by atoms with Crippen LogP contribution in [0.15, 0.2) is 77.7 Å². The van der Waals surface area contributed by atoms with Gasteiger partial charge in [0.25, 0.3) is 0 Å². The van der Waals surface area contributed by atoms with E-state index in [0.29, 0.717) is 11.1 Å². The molecule has 30 heavy (non-hydrogen) atoms. The summed E-state index contributed by atoms with van der Waals surface area (Å²) in [7, 11) is -3.90. The topological polar surface area (TPSA) is 87.3 Å². The van der Waals surface area contributed by atoms with Crippen LogP contribution in [0.25, 0.3) is 10.8 Å². The fourth-order valence-corrected chi connectivity index (χ4v) is 5.44. The van der Waals surface area contributed by atoms with Crippen molar-refractivity contribution in [2.75, 3.05) is 18.4 Å². The lowest BCUT2D eigenvalue weighted by Crippen LogP contribution is -2.51. The molecule has 1 saturated heterocycles. The van der Waals surface area contributed by atoms with Gasteiger partial charge in [0.1, 0.15) is 6.04 Å². The molecule has 4 rings (SSSR count). The second-order valence-electron chi connectivity index (χ2n) is 7.52. The van der Waals surface area contributed by atoms with Crippen LogP contribution in [0.1, 0.15) is 12.8 Å². The summed E-state index contributed by atoms with van der Waals surface area (Å²) in [5.74, 6) is -0.420. The van der Waals surface area contributed by atoms with E-state index in [1.54, 1.807) is 30.3 Å². The van der Waals surface area contributed by atoms with Gasteiger partial charge >= 0.3 is 0 Å². The number of amides is 1. The predicted octanol–water partition coefficient (Wildman–Crippen LogP) is 3.13. The molecular weight excluding hydrogens is 398 g/mol. The Morgan fingerprint density at radius 2 is 1.57 bits per heavy atom. The van der Waals surface area contributed by atoms with Gasteiger partial charge in [-0.25, -0.2) is 8.42 Å². The van der Waals surface area contributed by atoms with Crippen LogP contribution in [-0.2, 0) is 14.8 Å². The van der Waals surface area contributed by atoms with Gasteiger partial charge in [-0.2, -0.15) is 4.72 Å². The van der Waals surface area contributed by atoms with E-state index in [1.165, 1.54) is 0 Å². The number of anilines is 1. The fraction of sp³-hybridized carbons (Fsp3) is 0.261. The van der Waals surface area contributed by atoms with Crippen LogP contribution in [0.5, 0.6) is 0 Å². The number of carbonyl (C=O) groups is 1. The Hall–Kier alpha value is -2.74. The molecule has 0 saturated carbocycles. The lowest BCUT2D eigenvalue weighted by atomic mass is 9.90. The van der Waals surface area contributed by atoms with Crippen molar-refractivity contribution in [3.8, 4) is 0 Å². The van der Waals surface area contributed by atoms with E-state index < -0.39 is 16.1 Å². The molecule has 0 spiro atoms. The zero-order valence-electron chi connectivity index (χ0n) is 16.5. The standard InChI is InChI=1S/C23H25N3O3S/c27-23(25-19-9-2-1-3-10-19)22(18-13-15-24-16-14-18)26-30(28,29)21-12-6-8-17-7-4-5-11-20(17)21/h1-12,18,22,24,26H,13-16H2,(H,25,27). The zero-order chi connectivity index (χ0) is 21.0. The summed E-state index contributed by atoms with van der Waals surface area (Å²) < 4.78 is 29.4. The van der Waals surface area contributed by atoms with Crippen molar-refractivity contribution < 1.29 is 13.2 Å². The zero-order valence-corrected chi connectivity index (χ0v) is 17.4. The van der Waals surface area contributed by atoms with Crippen LogP contribution in [0, 0.1) is 5.92 Å². The molecule has 1 unspecified atom stereocenters. The molecule has 1 fully saturated rings. The van der Waals surface area contributed by atoms with Crippen LogP contribution >= 0.6 is 0 Å². The number of carbonyl (C=O) groups excluding carboxylic acids is 1. The molecule has 1 aliphatic heterocycles. The van der Waals surface area contributed by atoms with Crippen LogP contribution < -0.4 is 15.4 Å². The lowest BCUT2D eigenvalue weighted by molar-refractivity contribution is -0.119. The van der Waals surface area contributed by atoms with Gasteiger partial charge < -0.3 is 10.6 Å². The molecule has 0 aromatic heterocycles. The van der Waals surface area contributed by atoms with E-state index in [9.17, 15) is 13.2 Å². The SMILES string of the molecule is O=C(Nc1ccccc1)C(NS(=O)(=O)c1cccc2ccccc12)C1CCNCC1. The van der Waals surface area contributed by atoms with Crippen LogP contribution in [-0.4, -0.2) is 33.5 Å². The van der Waals surface area contributed by atoms with Gasteiger partial charge in [0.15, 0.2) is 0 Å². The third-order valence-corrected chi connectivity index (χ3v) is 7.00. The first-order valence-electron chi connectivity index (χ1n) is 10.1. The highest BCUT2D eigenvalue weighted by Crippen LogP contribution is 2.25. The minimum atomic E-state index is -3.90. The van der Waals surface area contributed by atoms with Crippen molar-refractivity contribution in [1.82, 2.24) is 10.0 Å². The average molecular weight is 424 g/mol. The second-order valence-corrected chi connectivity index (χ2v) is 9.20. The lowest BCUT2D eigenvalue weighted by Gasteiger charge is -2.30. The highest BCUT2D eigenvalue weighted by molar-refractivity contribution is 7.89. The maximum absolute atomic E-state index is 13.3. The van der Waals surface area contributed by atoms with Crippen LogP contribution in [0.4, 0.5) is 5.69 Å². The van der Waals surface area contributed by atoms with Crippen molar-refractivity contribution in [2.45, 2.75) is 23.8 Å². The largest absolute Gasteiger partial charge is 0.325 e. The van der Waals surface area contributed by atoms with Crippen molar-refractivity contribution in [3.05, 3.63) is 72.8 Å². The minimum Gasteiger partial charge on any atom is -0.325 e. The summed E-state index contributed by atoms with van der Waals surface area (Å²) in [5.41, 5.74) is 0.644. The average Bonchev–Trinajstić information content (AvgIpc) is 2.78. The van der Waals surface area contributed by atoms with E-state index in [-0.39, 0.29) is 16.7 Å². The van der Waals surface area contributed by atoms with Crippen LogP contribution in [0.3, 0.4) is 0 Å². The molecule has 1 amide bonds. The van der Waals surface area contributed by atoms with E-state index in [2.05, 4.69) is 15.4 Å².